The second kappa shape index (κ2) is 7.75. The first-order valence-electron chi connectivity index (χ1n) is 7.72. The molecule has 1 aromatic rings. The van der Waals surface area contributed by atoms with Gasteiger partial charge in [-0.1, -0.05) is 13.8 Å². The minimum Gasteiger partial charge on any atom is -0.312 e. The van der Waals surface area contributed by atoms with E-state index in [1.807, 2.05) is 6.20 Å². The highest BCUT2D eigenvalue weighted by Crippen LogP contribution is 2.30. The lowest BCUT2D eigenvalue weighted by molar-refractivity contribution is 0.338. The van der Waals surface area contributed by atoms with E-state index in [1.54, 1.807) is 0 Å². The van der Waals surface area contributed by atoms with Crippen molar-refractivity contribution in [1.29, 1.82) is 0 Å². The van der Waals surface area contributed by atoms with Crippen LogP contribution in [0.1, 0.15) is 46.2 Å². The maximum absolute atomic E-state index is 4.52. The summed E-state index contributed by atoms with van der Waals surface area (Å²) in [5.74, 6) is 1.01. The van der Waals surface area contributed by atoms with Crippen LogP contribution in [-0.4, -0.2) is 47.4 Å². The summed E-state index contributed by atoms with van der Waals surface area (Å²) in [6, 6.07) is 0. The molecule has 1 heterocycles. The monoisotopic (exact) mass is 358 g/mol. The third-order valence-corrected chi connectivity index (χ3v) is 4.44. The second-order valence-electron chi connectivity index (χ2n) is 7.30. The van der Waals surface area contributed by atoms with Gasteiger partial charge in [-0.15, -0.1) is 0 Å². The Morgan fingerprint density at radius 1 is 1.33 bits per heavy atom. The normalized spacial score (nSPS) is 15.5. The molecule has 2 unspecified atom stereocenters. The van der Waals surface area contributed by atoms with Gasteiger partial charge in [-0.3, -0.25) is 4.68 Å². The van der Waals surface area contributed by atoms with Crippen LogP contribution in [-0.2, 0) is 6.54 Å². The average molecular weight is 359 g/mol. The molecule has 0 aliphatic rings. The largest absolute Gasteiger partial charge is 0.312 e. The van der Waals surface area contributed by atoms with Crippen LogP contribution >= 0.6 is 15.9 Å². The fourth-order valence-corrected chi connectivity index (χ4v) is 2.87. The standard InChI is InChI=1S/C16H31BrN4/c1-12(10-18-16(3,4)5)13(2)15-14(17)11-19-21(15)9-8-20(6)7/h11-13,18H,8-10H2,1-7H3. The third-order valence-electron chi connectivity index (χ3n) is 3.83. The van der Waals surface area contributed by atoms with Crippen LogP contribution in [0, 0.1) is 5.92 Å². The van der Waals surface area contributed by atoms with Crippen molar-refractivity contribution in [3.63, 3.8) is 0 Å². The first-order chi connectivity index (χ1) is 9.61. The molecule has 0 saturated carbocycles. The fourth-order valence-electron chi connectivity index (χ4n) is 2.21. The molecule has 1 aromatic heterocycles. The summed E-state index contributed by atoms with van der Waals surface area (Å²) >= 11 is 3.67. The van der Waals surface area contributed by atoms with Crippen molar-refractivity contribution in [2.24, 2.45) is 5.92 Å². The molecule has 21 heavy (non-hydrogen) atoms. The Balaban J connectivity index is 2.76. The van der Waals surface area contributed by atoms with Crippen LogP contribution in [0.15, 0.2) is 10.7 Å². The second-order valence-corrected chi connectivity index (χ2v) is 8.16. The molecule has 2 atom stereocenters. The summed E-state index contributed by atoms with van der Waals surface area (Å²) < 4.78 is 3.26. The van der Waals surface area contributed by atoms with Gasteiger partial charge >= 0.3 is 0 Å². The van der Waals surface area contributed by atoms with Crippen LogP contribution < -0.4 is 5.32 Å². The first kappa shape index (κ1) is 18.7. The van der Waals surface area contributed by atoms with Gasteiger partial charge in [0.25, 0.3) is 0 Å². The van der Waals surface area contributed by atoms with Crippen molar-refractivity contribution in [3.05, 3.63) is 16.4 Å². The molecule has 0 bridgehead atoms. The molecule has 4 nitrogen and oxygen atoms in total. The Morgan fingerprint density at radius 3 is 2.48 bits per heavy atom. The smallest absolute Gasteiger partial charge is 0.0635 e. The van der Waals surface area contributed by atoms with Crippen molar-refractivity contribution in [2.75, 3.05) is 27.2 Å². The number of hydrogen-bond acceptors (Lipinski definition) is 3. The predicted octanol–water partition coefficient (Wildman–Crippen LogP) is 3.33. The summed E-state index contributed by atoms with van der Waals surface area (Å²) in [7, 11) is 4.19. The molecule has 0 amide bonds. The summed E-state index contributed by atoms with van der Waals surface area (Å²) in [4.78, 5) is 2.19. The van der Waals surface area contributed by atoms with E-state index in [9.17, 15) is 0 Å². The molecular formula is C16H31BrN4. The molecule has 0 spiro atoms. The number of nitrogens with zero attached hydrogens (tertiary/aromatic N) is 3. The summed E-state index contributed by atoms with van der Waals surface area (Å²) in [6.45, 7) is 14.2. The zero-order valence-electron chi connectivity index (χ0n) is 14.6. The van der Waals surface area contributed by atoms with Gasteiger partial charge in [0.2, 0.25) is 0 Å². The highest BCUT2D eigenvalue weighted by atomic mass is 79.9. The van der Waals surface area contributed by atoms with E-state index in [4.69, 9.17) is 0 Å². The van der Waals surface area contributed by atoms with E-state index in [0.29, 0.717) is 11.8 Å². The number of rotatable bonds is 7. The summed E-state index contributed by atoms with van der Waals surface area (Å²) in [5, 5.41) is 8.12. The molecule has 0 aliphatic carbocycles. The minimum absolute atomic E-state index is 0.163. The molecule has 5 heteroatoms. The van der Waals surface area contributed by atoms with Crippen molar-refractivity contribution in [2.45, 2.75) is 52.6 Å². The number of halogens is 1. The molecule has 1 N–H and O–H groups in total. The van der Waals surface area contributed by atoms with Gasteiger partial charge in [-0.25, -0.2) is 0 Å². The SMILES string of the molecule is CC(CNC(C)(C)C)C(C)c1c(Br)cnn1CCN(C)C. The molecule has 1 rings (SSSR count). The van der Waals surface area contributed by atoms with Gasteiger partial charge in [0, 0.05) is 18.0 Å². The van der Waals surface area contributed by atoms with E-state index in [-0.39, 0.29) is 5.54 Å². The average Bonchev–Trinajstić information content (AvgIpc) is 2.73. The zero-order valence-corrected chi connectivity index (χ0v) is 16.2. The molecule has 0 radical (unpaired) electrons. The van der Waals surface area contributed by atoms with Crippen molar-refractivity contribution in [1.82, 2.24) is 20.0 Å². The molecule has 0 aliphatic heterocycles. The summed E-state index contributed by atoms with van der Waals surface area (Å²) in [6.07, 6.45) is 1.92. The molecular weight excluding hydrogens is 328 g/mol. The van der Waals surface area contributed by atoms with E-state index >= 15 is 0 Å². The minimum atomic E-state index is 0.163. The van der Waals surface area contributed by atoms with Crippen molar-refractivity contribution >= 4 is 15.9 Å². The van der Waals surface area contributed by atoms with Crippen LogP contribution in [0.5, 0.6) is 0 Å². The van der Waals surface area contributed by atoms with Gasteiger partial charge in [0.05, 0.1) is 22.9 Å². The third kappa shape index (κ3) is 6.09. The van der Waals surface area contributed by atoms with Gasteiger partial charge in [0.1, 0.15) is 0 Å². The van der Waals surface area contributed by atoms with Crippen LogP contribution in [0.3, 0.4) is 0 Å². The lowest BCUT2D eigenvalue weighted by Gasteiger charge is -2.27. The Kier molecular flexibility index (Phi) is 6.88. The fraction of sp³-hybridized carbons (Fsp3) is 0.812. The van der Waals surface area contributed by atoms with Crippen LogP contribution in [0.4, 0.5) is 0 Å². The van der Waals surface area contributed by atoms with Gasteiger partial charge in [0.15, 0.2) is 0 Å². The van der Waals surface area contributed by atoms with Crippen LogP contribution in [0.2, 0.25) is 0 Å². The number of likely N-dealkylation sites (N-methyl/N-ethyl adjacent to an activating group) is 1. The molecule has 0 aromatic carbocycles. The maximum atomic E-state index is 4.52. The number of hydrogen-bond donors (Lipinski definition) is 1. The molecule has 0 saturated heterocycles. The number of nitrogens with one attached hydrogen (secondary N) is 1. The van der Waals surface area contributed by atoms with Crippen molar-refractivity contribution < 1.29 is 0 Å². The lowest BCUT2D eigenvalue weighted by atomic mass is 9.91. The van der Waals surface area contributed by atoms with Crippen molar-refractivity contribution in [3.8, 4) is 0 Å². The Hall–Kier alpha value is -0.390. The summed E-state index contributed by atoms with van der Waals surface area (Å²) in [5.41, 5.74) is 1.47. The van der Waals surface area contributed by atoms with E-state index in [2.05, 4.69) is 84.6 Å². The topological polar surface area (TPSA) is 33.1 Å². The quantitative estimate of drug-likeness (QED) is 0.811. The van der Waals surface area contributed by atoms with Gasteiger partial charge in [-0.05, 0) is 63.3 Å². The Bertz CT molecular complexity index is 434. The highest BCUT2D eigenvalue weighted by Gasteiger charge is 2.22. The lowest BCUT2D eigenvalue weighted by Crippen LogP contribution is -2.39. The van der Waals surface area contributed by atoms with Gasteiger partial charge in [-0.2, -0.15) is 5.10 Å². The molecule has 0 fully saturated rings. The van der Waals surface area contributed by atoms with E-state index in [0.717, 1.165) is 24.1 Å². The van der Waals surface area contributed by atoms with E-state index in [1.165, 1.54) is 5.69 Å². The Labute approximate surface area is 138 Å². The highest BCUT2D eigenvalue weighted by molar-refractivity contribution is 9.10. The molecule has 122 valence electrons. The zero-order chi connectivity index (χ0) is 16.2. The first-order valence-corrected chi connectivity index (χ1v) is 8.52. The Morgan fingerprint density at radius 2 is 1.95 bits per heavy atom. The van der Waals surface area contributed by atoms with Gasteiger partial charge < -0.3 is 10.2 Å². The van der Waals surface area contributed by atoms with Crippen LogP contribution in [0.25, 0.3) is 0 Å². The van der Waals surface area contributed by atoms with E-state index < -0.39 is 0 Å². The maximum Gasteiger partial charge on any atom is 0.0635 e. The number of aromatic nitrogens is 2. The predicted molar refractivity (Wildman–Crippen MR) is 93.8 cm³/mol.